The monoisotopic (exact) mass is 471 g/mol. The van der Waals surface area contributed by atoms with Crippen LogP contribution in [-0.2, 0) is 25.5 Å². The molecule has 11 nitrogen and oxygen atoms in total. The minimum Gasteiger partial charge on any atom is -0.493 e. The molecule has 2 aromatic carbocycles. The average molecular weight is 471 g/mol. The van der Waals surface area contributed by atoms with Gasteiger partial charge in [0.25, 0.3) is 11.5 Å². The van der Waals surface area contributed by atoms with Gasteiger partial charge in [-0.25, -0.2) is 9.59 Å². The number of benzene rings is 2. The maximum atomic E-state index is 12.6. The van der Waals surface area contributed by atoms with Gasteiger partial charge in [0.05, 0.1) is 19.1 Å². The lowest BCUT2D eigenvalue weighted by Gasteiger charge is -2.31. The Morgan fingerprint density at radius 1 is 1.00 bits per heavy atom. The van der Waals surface area contributed by atoms with Gasteiger partial charge in [-0.3, -0.25) is 10.1 Å². The summed E-state index contributed by atoms with van der Waals surface area (Å²) in [6.45, 7) is 3.22. The number of non-ortho nitro benzene ring substituents is 1. The number of esters is 2. The topological polar surface area (TPSA) is 138 Å². The molecule has 0 saturated carbocycles. The van der Waals surface area contributed by atoms with Gasteiger partial charge in [-0.1, -0.05) is 6.07 Å². The predicted molar refractivity (Wildman–Crippen MR) is 121 cm³/mol. The van der Waals surface area contributed by atoms with Crippen molar-refractivity contribution in [2.45, 2.75) is 26.1 Å². The number of carbonyl (C=O) groups excluding carboxylic acids is 2. The van der Waals surface area contributed by atoms with Crippen LogP contribution in [0.15, 0.2) is 53.9 Å². The summed E-state index contributed by atoms with van der Waals surface area (Å²) in [4.78, 5) is 35.6. The lowest BCUT2D eigenvalue weighted by atomic mass is 10.1. The van der Waals surface area contributed by atoms with E-state index in [0.29, 0.717) is 30.2 Å². The Bertz CT molecular complexity index is 1100. The van der Waals surface area contributed by atoms with Gasteiger partial charge in [-0.05, 0) is 36.2 Å². The number of rotatable bonds is 9. The van der Waals surface area contributed by atoms with Crippen molar-refractivity contribution < 1.29 is 33.5 Å². The zero-order valence-corrected chi connectivity index (χ0v) is 19.2. The summed E-state index contributed by atoms with van der Waals surface area (Å²) in [5, 5.41) is 16.9. The molecule has 0 amide bonds. The summed E-state index contributed by atoms with van der Waals surface area (Å²) in [5.41, 5.74) is 0.890. The summed E-state index contributed by atoms with van der Waals surface area (Å²) < 4.78 is 21.0. The summed E-state index contributed by atoms with van der Waals surface area (Å²) >= 11 is 0. The van der Waals surface area contributed by atoms with Crippen LogP contribution in [0.3, 0.4) is 0 Å². The number of nitro groups is 1. The Kier molecular flexibility index (Phi) is 7.24. The number of methoxy groups -OCH3 is 2. The van der Waals surface area contributed by atoms with Gasteiger partial charge in [0.1, 0.15) is 5.82 Å². The third-order valence-electron chi connectivity index (χ3n) is 4.85. The highest BCUT2D eigenvalue weighted by Gasteiger charge is 2.41. The standard InChI is InChI=1S/C23H25N3O8/c1-23(2)33-21(27)19(22(28)34-23)20(25-15-6-8-16(9-7-15)26(29)30)24-12-11-14-5-10-17(31-3)18(13-14)32-4/h5-10,13,24-25H,11-12H2,1-4H3. The van der Waals surface area contributed by atoms with Crippen LogP contribution in [-0.4, -0.2) is 43.4 Å². The molecule has 2 N–H and O–H groups in total. The van der Waals surface area contributed by atoms with Gasteiger partial charge in [0.2, 0.25) is 0 Å². The van der Waals surface area contributed by atoms with E-state index in [4.69, 9.17) is 18.9 Å². The molecule has 1 fully saturated rings. The molecule has 0 aliphatic carbocycles. The molecule has 1 aliphatic heterocycles. The molecule has 0 atom stereocenters. The summed E-state index contributed by atoms with van der Waals surface area (Å²) in [6.07, 6.45) is 0.509. The molecule has 0 aromatic heterocycles. The number of hydrogen-bond donors (Lipinski definition) is 2. The molecule has 11 heteroatoms. The fraction of sp³-hybridized carbons (Fsp3) is 0.304. The number of cyclic esters (lactones) is 2. The Morgan fingerprint density at radius 3 is 2.18 bits per heavy atom. The smallest absolute Gasteiger partial charge is 0.352 e. The molecule has 0 bridgehead atoms. The number of ether oxygens (including phenoxy) is 4. The summed E-state index contributed by atoms with van der Waals surface area (Å²) in [7, 11) is 3.09. The molecule has 1 aliphatic rings. The predicted octanol–water partition coefficient (Wildman–Crippen LogP) is 2.90. The van der Waals surface area contributed by atoms with Crippen LogP contribution in [0.1, 0.15) is 19.4 Å². The van der Waals surface area contributed by atoms with Gasteiger partial charge >= 0.3 is 11.9 Å². The van der Waals surface area contributed by atoms with Crippen LogP contribution >= 0.6 is 0 Å². The van der Waals surface area contributed by atoms with E-state index in [1.807, 2.05) is 12.1 Å². The lowest BCUT2D eigenvalue weighted by Crippen LogP contribution is -2.44. The second-order valence-corrected chi connectivity index (χ2v) is 7.72. The second-order valence-electron chi connectivity index (χ2n) is 7.72. The molecule has 0 unspecified atom stereocenters. The summed E-state index contributed by atoms with van der Waals surface area (Å²) in [6, 6.07) is 11.0. The molecule has 1 heterocycles. The summed E-state index contributed by atoms with van der Waals surface area (Å²) in [5.74, 6) is -1.88. The molecular formula is C23H25N3O8. The van der Waals surface area contributed by atoms with Crippen molar-refractivity contribution in [2.75, 3.05) is 26.1 Å². The van der Waals surface area contributed by atoms with Gasteiger partial charge in [0, 0.05) is 38.2 Å². The van der Waals surface area contributed by atoms with Crippen LogP contribution in [0.4, 0.5) is 11.4 Å². The van der Waals surface area contributed by atoms with Crippen molar-refractivity contribution in [1.29, 1.82) is 0 Å². The Hall–Kier alpha value is -4.28. The molecule has 34 heavy (non-hydrogen) atoms. The molecule has 0 radical (unpaired) electrons. The molecule has 3 rings (SSSR count). The minimum atomic E-state index is -1.39. The van der Waals surface area contributed by atoms with Crippen molar-refractivity contribution in [3.8, 4) is 11.5 Å². The number of carbonyl (C=O) groups is 2. The van der Waals surface area contributed by atoms with E-state index in [-0.39, 0.29) is 17.1 Å². The van der Waals surface area contributed by atoms with Gasteiger partial charge in [0.15, 0.2) is 17.1 Å². The van der Waals surface area contributed by atoms with Crippen molar-refractivity contribution in [2.24, 2.45) is 0 Å². The van der Waals surface area contributed by atoms with Crippen LogP contribution in [0.25, 0.3) is 0 Å². The third-order valence-corrected chi connectivity index (χ3v) is 4.85. The lowest BCUT2D eigenvalue weighted by molar-refractivity contribution is -0.384. The van der Waals surface area contributed by atoms with Gasteiger partial charge < -0.3 is 29.6 Å². The van der Waals surface area contributed by atoms with E-state index in [1.54, 1.807) is 13.2 Å². The Morgan fingerprint density at radius 2 is 1.62 bits per heavy atom. The zero-order chi connectivity index (χ0) is 24.9. The van der Waals surface area contributed by atoms with E-state index >= 15 is 0 Å². The number of hydrogen-bond acceptors (Lipinski definition) is 10. The highest BCUT2D eigenvalue weighted by molar-refractivity contribution is 6.16. The van der Waals surface area contributed by atoms with E-state index in [1.165, 1.54) is 45.2 Å². The van der Waals surface area contributed by atoms with Crippen LogP contribution in [0.2, 0.25) is 0 Å². The fourth-order valence-corrected chi connectivity index (χ4v) is 3.23. The largest absolute Gasteiger partial charge is 0.493 e. The van der Waals surface area contributed by atoms with Crippen LogP contribution in [0, 0.1) is 10.1 Å². The molecule has 2 aromatic rings. The molecule has 1 saturated heterocycles. The first kappa shape index (κ1) is 24.4. The average Bonchev–Trinajstić information content (AvgIpc) is 2.77. The van der Waals surface area contributed by atoms with E-state index < -0.39 is 22.6 Å². The maximum Gasteiger partial charge on any atom is 0.352 e. The highest BCUT2D eigenvalue weighted by atomic mass is 16.7. The minimum absolute atomic E-state index is 0.0554. The first-order valence-corrected chi connectivity index (χ1v) is 10.3. The third kappa shape index (κ3) is 5.74. The number of nitrogens with one attached hydrogen (secondary N) is 2. The zero-order valence-electron chi connectivity index (χ0n) is 19.2. The normalized spacial score (nSPS) is 14.5. The second kappa shape index (κ2) is 10.1. The number of nitrogens with zero attached hydrogens (tertiary/aromatic N) is 1. The Labute approximate surface area is 195 Å². The quantitative estimate of drug-likeness (QED) is 0.184. The van der Waals surface area contributed by atoms with Crippen molar-refractivity contribution in [3.05, 3.63) is 69.5 Å². The SMILES string of the molecule is COc1ccc(CCNC(Nc2ccc([N+](=O)[O-])cc2)=C2C(=O)OC(C)(C)OC2=O)cc1OC. The van der Waals surface area contributed by atoms with Gasteiger partial charge in [-0.2, -0.15) is 0 Å². The van der Waals surface area contributed by atoms with Crippen molar-refractivity contribution in [3.63, 3.8) is 0 Å². The molecular weight excluding hydrogens is 446 g/mol. The van der Waals surface area contributed by atoms with Gasteiger partial charge in [-0.15, -0.1) is 0 Å². The number of nitro benzene ring substituents is 1. The van der Waals surface area contributed by atoms with Crippen molar-refractivity contribution >= 4 is 23.3 Å². The number of anilines is 1. The molecule has 180 valence electrons. The maximum absolute atomic E-state index is 12.6. The first-order chi connectivity index (χ1) is 16.1. The van der Waals surface area contributed by atoms with E-state index in [9.17, 15) is 19.7 Å². The molecule has 0 spiro atoms. The van der Waals surface area contributed by atoms with E-state index in [2.05, 4.69) is 10.6 Å². The Balaban J connectivity index is 1.84. The van der Waals surface area contributed by atoms with Crippen molar-refractivity contribution in [1.82, 2.24) is 5.32 Å². The highest BCUT2D eigenvalue weighted by Crippen LogP contribution is 2.28. The van der Waals surface area contributed by atoms with Crippen LogP contribution in [0.5, 0.6) is 11.5 Å². The first-order valence-electron chi connectivity index (χ1n) is 10.3. The van der Waals surface area contributed by atoms with Crippen LogP contribution < -0.4 is 20.1 Å². The van der Waals surface area contributed by atoms with E-state index in [0.717, 1.165) is 5.56 Å². The fourth-order valence-electron chi connectivity index (χ4n) is 3.23.